The number of aliphatic hydroxyl groups excluding tert-OH is 2. The standard InChI is InChI=1S/C29H31N3O4.C28H29N3O3.C8H14O3.C5H10O3.C3H5Br.2Ni/c1-29(20-33,28(35)36)31-26(22-13-6-3-7-14-22)23-15-8-9-16-24(23)30-27(34)25-17-10-18-32(25)19-21-11-4-2-5-12-21;1-20(28(33)34)29-26(22-13-6-3-7-14-22)23-15-8-9-16-24(23)30-27(32)25-17-10-18-31(25)19-21-11-4-2-5-12-21;1-4-5-11-6-8(2,3)7(9)10;1-5(2,3-6)4(7)8;1-2-3-4;;/h2-9,11-16,25,33H,10,17-20H2,1H3,(H2,30,31,34,35,36);2-9,11-16,20,25H,10,17-19H2,1H3,(H2,29,30,32,33,34);4H,1,5-6H2,2-3H3,(H,9,10);6H,3H2,1-2H3,(H,7,8);2H,1,3H2;;/q;;;;;2*+2/p-2/t25-,29-;20-,25-;;;;;/m00...../s1. The molecule has 6 N–H and O–H groups in total. The largest absolute Gasteiger partial charge is 2.00 e. The molecular formula is C73H87BrN6Ni2O13+2. The second-order valence-electron chi connectivity index (χ2n) is 23.4. The Balaban J connectivity index is 0.000000480. The minimum atomic E-state index is -1.75. The topological polar surface area (TPSA) is 292 Å². The Bertz CT molecular complexity index is 3440. The van der Waals surface area contributed by atoms with Crippen LogP contribution < -0.4 is 0 Å². The van der Waals surface area contributed by atoms with Crippen molar-refractivity contribution in [3.05, 3.63) is 239 Å². The van der Waals surface area contributed by atoms with Gasteiger partial charge in [-0.15, -0.1) is 24.5 Å². The summed E-state index contributed by atoms with van der Waals surface area (Å²) in [6.07, 6.45) is 6.77. The Hall–Kier alpha value is -7.77. The van der Waals surface area contributed by atoms with Gasteiger partial charge >= 0.3 is 56.9 Å². The van der Waals surface area contributed by atoms with Crippen LogP contribution in [-0.2, 0) is 79.6 Å². The molecule has 2 fully saturated rings. The number of ether oxygens (including phenoxy) is 1. The van der Waals surface area contributed by atoms with E-state index in [4.69, 9.17) is 20.1 Å². The summed E-state index contributed by atoms with van der Waals surface area (Å²) >= 11 is 3.13. The SMILES string of the molecule is C=CCBr.C=CCOCC(C)(C)C(=O)O.CC(C)(CO)C(=O)O.C[C@@](CO)(N=C(c1ccccc1)c1ccccc1[N-]C(=O)[C@@H]1CCCN1Cc1ccccc1)C(=O)O.C[C@H](N=C(c1ccccc1)c1ccccc1[N-]C(=O)[C@@H]1CCCN1Cc1ccccc1)C(=O)O.[Ni+2].[Ni+2]. The summed E-state index contributed by atoms with van der Waals surface area (Å²) in [7, 11) is 0. The van der Waals surface area contributed by atoms with Crippen molar-refractivity contribution in [1.82, 2.24) is 9.80 Å². The molecule has 0 aromatic heterocycles. The number of carboxylic acid groups (broad SMARTS) is 4. The van der Waals surface area contributed by atoms with Crippen LogP contribution in [0.4, 0.5) is 11.4 Å². The van der Waals surface area contributed by atoms with E-state index in [2.05, 4.69) is 83.8 Å². The Kier molecular flexibility index (Phi) is 37.4. The summed E-state index contributed by atoms with van der Waals surface area (Å²) in [6.45, 7) is 18.7. The third-order valence-electron chi connectivity index (χ3n) is 14.8. The van der Waals surface area contributed by atoms with Crippen LogP contribution in [0.15, 0.2) is 205 Å². The minimum absolute atomic E-state index is 0. The third kappa shape index (κ3) is 27.1. The van der Waals surface area contributed by atoms with E-state index in [1.54, 1.807) is 56.3 Å². The predicted octanol–water partition coefficient (Wildman–Crippen LogP) is 12.7. The van der Waals surface area contributed by atoms with Gasteiger partial charge in [0.1, 0.15) is 6.04 Å². The van der Waals surface area contributed by atoms with Crippen LogP contribution in [0.25, 0.3) is 10.6 Å². The molecule has 4 atom stereocenters. The second kappa shape index (κ2) is 42.6. The van der Waals surface area contributed by atoms with Gasteiger partial charge in [-0.3, -0.25) is 29.4 Å². The number of aliphatic imine (C=N–C) groups is 2. The van der Waals surface area contributed by atoms with Crippen LogP contribution in [0.3, 0.4) is 0 Å². The number of aliphatic hydroxyl groups is 2. The maximum Gasteiger partial charge on any atom is 2.00 e. The molecule has 8 rings (SSSR count). The zero-order chi connectivity index (χ0) is 68.6. The average molecular weight is 1450 g/mol. The van der Waals surface area contributed by atoms with Gasteiger partial charge in [-0.25, -0.2) is 9.59 Å². The van der Waals surface area contributed by atoms with E-state index in [1.807, 2.05) is 115 Å². The minimum Gasteiger partial charge on any atom is -0.625 e. The Morgan fingerprint density at radius 2 is 0.947 bits per heavy atom. The van der Waals surface area contributed by atoms with E-state index in [1.165, 1.54) is 33.3 Å². The number of halogens is 1. The van der Waals surface area contributed by atoms with Crippen molar-refractivity contribution in [1.29, 1.82) is 0 Å². The van der Waals surface area contributed by atoms with E-state index in [9.17, 15) is 44.1 Å². The Morgan fingerprint density at radius 1 is 0.568 bits per heavy atom. The molecular weight excluding hydrogens is 1370 g/mol. The molecule has 0 spiro atoms. The molecule has 2 heterocycles. The van der Waals surface area contributed by atoms with Gasteiger partial charge in [0.2, 0.25) is 0 Å². The molecule has 2 amide bonds. The van der Waals surface area contributed by atoms with Crippen LogP contribution >= 0.6 is 15.9 Å². The first-order valence-electron chi connectivity index (χ1n) is 30.4. The summed E-state index contributed by atoms with van der Waals surface area (Å²) in [5.74, 6) is -4.49. The number of carboxylic acids is 4. The van der Waals surface area contributed by atoms with Crippen molar-refractivity contribution < 1.29 is 97.1 Å². The molecule has 0 unspecified atom stereocenters. The number of amides is 2. The summed E-state index contributed by atoms with van der Waals surface area (Å²) in [6, 6.07) is 51.6. The summed E-state index contributed by atoms with van der Waals surface area (Å²) in [5.41, 5.74) is 3.18. The van der Waals surface area contributed by atoms with Crippen molar-refractivity contribution in [2.75, 3.05) is 44.8 Å². The fourth-order valence-corrected chi connectivity index (χ4v) is 9.10. The molecule has 0 aliphatic carbocycles. The molecule has 6 aromatic carbocycles. The zero-order valence-corrected chi connectivity index (χ0v) is 58.0. The molecule has 2 aliphatic rings. The van der Waals surface area contributed by atoms with Crippen LogP contribution in [0.1, 0.15) is 101 Å². The predicted molar refractivity (Wildman–Crippen MR) is 368 cm³/mol. The normalized spacial score (nSPS) is 15.5. The molecule has 6 aromatic rings. The van der Waals surface area contributed by atoms with Gasteiger partial charge in [-0.1, -0.05) is 198 Å². The molecule has 2 aliphatic heterocycles. The fraction of sp³-hybridized carbons (Fsp3) is 0.342. The number of rotatable bonds is 25. The number of likely N-dealkylation sites (tertiary alicyclic amines) is 2. The number of hydrogen-bond donors (Lipinski definition) is 6. The van der Waals surface area contributed by atoms with E-state index in [-0.39, 0.29) is 70.1 Å². The van der Waals surface area contributed by atoms with E-state index in [0.29, 0.717) is 59.2 Å². The molecule has 22 heteroatoms. The monoisotopic (exact) mass is 1450 g/mol. The molecule has 0 bridgehead atoms. The number of para-hydroxylation sites is 2. The van der Waals surface area contributed by atoms with Crippen molar-refractivity contribution >= 4 is 74.4 Å². The molecule has 2 saturated heterocycles. The first kappa shape index (κ1) is 83.3. The van der Waals surface area contributed by atoms with E-state index in [0.717, 1.165) is 55.2 Å². The number of hydrogen-bond acceptors (Lipinski definition) is 13. The number of aliphatic carboxylic acids is 4. The molecule has 0 saturated carbocycles. The molecule has 19 nitrogen and oxygen atoms in total. The van der Waals surface area contributed by atoms with Gasteiger partial charge < -0.3 is 55.6 Å². The van der Waals surface area contributed by atoms with Crippen molar-refractivity contribution in [3.63, 3.8) is 0 Å². The van der Waals surface area contributed by atoms with E-state index < -0.39 is 52.9 Å². The Morgan fingerprint density at radius 3 is 1.29 bits per heavy atom. The van der Waals surface area contributed by atoms with Gasteiger partial charge in [0.15, 0.2) is 5.54 Å². The molecule has 512 valence electrons. The van der Waals surface area contributed by atoms with E-state index >= 15 is 0 Å². The first-order valence-corrected chi connectivity index (χ1v) is 31.5. The van der Waals surface area contributed by atoms with Crippen LogP contribution in [-0.4, -0.2) is 156 Å². The molecule has 0 radical (unpaired) electrons. The molecule has 95 heavy (non-hydrogen) atoms. The Labute approximate surface area is 586 Å². The maximum absolute atomic E-state index is 13.4. The number of alkyl halides is 1. The number of carbonyl (C=O) groups is 6. The number of nitrogens with zero attached hydrogens (tertiary/aromatic N) is 6. The average Bonchev–Trinajstić information content (AvgIpc) is 1.74. The van der Waals surface area contributed by atoms with Gasteiger partial charge in [0.25, 0.3) is 0 Å². The van der Waals surface area contributed by atoms with Crippen molar-refractivity contribution in [2.45, 2.75) is 104 Å². The van der Waals surface area contributed by atoms with Gasteiger partial charge in [0.05, 0.1) is 72.6 Å². The van der Waals surface area contributed by atoms with Crippen LogP contribution in [0.5, 0.6) is 0 Å². The van der Waals surface area contributed by atoms with Gasteiger partial charge in [-0.05, 0) is 103 Å². The zero-order valence-electron chi connectivity index (χ0n) is 54.4. The number of carbonyl (C=O) groups excluding carboxylic acids is 2. The van der Waals surface area contributed by atoms with Crippen molar-refractivity contribution in [2.24, 2.45) is 20.8 Å². The maximum atomic E-state index is 13.4. The first-order chi connectivity index (χ1) is 44.4. The van der Waals surface area contributed by atoms with Gasteiger partial charge in [0, 0.05) is 29.5 Å². The number of allylic oxidation sites excluding steroid dienone is 1. The summed E-state index contributed by atoms with van der Waals surface area (Å²) < 4.78 is 5.01. The summed E-state index contributed by atoms with van der Waals surface area (Å²) in [4.78, 5) is 84.1. The smallest absolute Gasteiger partial charge is 0.625 e. The third-order valence-corrected chi connectivity index (χ3v) is 15.3. The van der Waals surface area contributed by atoms with Gasteiger partial charge in [-0.2, -0.15) is 0 Å². The quantitative estimate of drug-likeness (QED) is 0.0102. The number of benzene rings is 6. The van der Waals surface area contributed by atoms with Crippen LogP contribution in [0.2, 0.25) is 0 Å². The van der Waals surface area contributed by atoms with Crippen LogP contribution in [0, 0.1) is 10.8 Å². The summed E-state index contributed by atoms with van der Waals surface area (Å²) in [5, 5.41) is 64.2. The fourth-order valence-electron chi connectivity index (χ4n) is 9.10. The second-order valence-corrected chi connectivity index (χ2v) is 24.0. The van der Waals surface area contributed by atoms with Crippen molar-refractivity contribution in [3.8, 4) is 0 Å².